The molecule has 2 rings (SSSR count). The molecule has 0 amide bonds. The summed E-state index contributed by atoms with van der Waals surface area (Å²) in [5.41, 5.74) is 0.701. The topological polar surface area (TPSA) is 40.5 Å². The third-order valence-corrected chi connectivity index (χ3v) is 3.63. The molecule has 0 aliphatic carbocycles. The standard InChI is InChI=1S/C15H21NO2/c1-16-9-5-6-12(11-16)10-14(17)15(18)13-7-3-2-4-8-13/h2-4,7-8,12,15,18H,5-6,9-11H2,1H3/t12-,15+/m1/s1. The number of likely N-dealkylation sites (tertiary alicyclic amines) is 1. The van der Waals surface area contributed by atoms with Crippen molar-refractivity contribution in [2.75, 3.05) is 20.1 Å². The first-order chi connectivity index (χ1) is 8.66. The Morgan fingerprint density at radius 3 is 2.83 bits per heavy atom. The molecule has 0 aromatic heterocycles. The predicted octanol–water partition coefficient (Wildman–Crippen LogP) is 2.02. The Labute approximate surface area is 108 Å². The molecule has 1 aromatic carbocycles. The number of carbonyl (C=O) groups excluding carboxylic acids is 1. The van der Waals surface area contributed by atoms with E-state index in [0.29, 0.717) is 17.9 Å². The molecular weight excluding hydrogens is 226 g/mol. The second-order valence-electron chi connectivity index (χ2n) is 5.25. The third kappa shape index (κ3) is 3.40. The number of nitrogens with zero attached hydrogens (tertiary/aromatic N) is 1. The van der Waals surface area contributed by atoms with E-state index in [1.807, 2.05) is 18.2 Å². The van der Waals surface area contributed by atoms with Crippen LogP contribution in [-0.2, 0) is 4.79 Å². The summed E-state index contributed by atoms with van der Waals surface area (Å²) >= 11 is 0. The molecule has 0 spiro atoms. The van der Waals surface area contributed by atoms with Crippen molar-refractivity contribution in [3.63, 3.8) is 0 Å². The fourth-order valence-corrected chi connectivity index (χ4v) is 2.66. The zero-order valence-electron chi connectivity index (χ0n) is 10.9. The van der Waals surface area contributed by atoms with Gasteiger partial charge in [0.1, 0.15) is 6.10 Å². The van der Waals surface area contributed by atoms with Crippen LogP contribution in [0.2, 0.25) is 0 Å². The highest BCUT2D eigenvalue weighted by molar-refractivity contribution is 5.84. The minimum Gasteiger partial charge on any atom is -0.381 e. The van der Waals surface area contributed by atoms with Gasteiger partial charge in [0, 0.05) is 13.0 Å². The molecule has 0 unspecified atom stereocenters. The summed E-state index contributed by atoms with van der Waals surface area (Å²) in [5, 5.41) is 10.0. The summed E-state index contributed by atoms with van der Waals surface area (Å²) in [6, 6.07) is 9.18. The highest BCUT2D eigenvalue weighted by Gasteiger charge is 2.24. The number of piperidine rings is 1. The zero-order chi connectivity index (χ0) is 13.0. The lowest BCUT2D eigenvalue weighted by Crippen LogP contribution is -2.33. The quantitative estimate of drug-likeness (QED) is 0.885. The Balaban J connectivity index is 1.91. The van der Waals surface area contributed by atoms with E-state index in [1.165, 1.54) is 0 Å². The van der Waals surface area contributed by atoms with Crippen molar-refractivity contribution in [1.82, 2.24) is 4.90 Å². The lowest BCUT2D eigenvalue weighted by atomic mass is 9.90. The van der Waals surface area contributed by atoms with Gasteiger partial charge in [-0.25, -0.2) is 0 Å². The first-order valence-electron chi connectivity index (χ1n) is 6.61. The van der Waals surface area contributed by atoms with E-state index >= 15 is 0 Å². The molecule has 1 fully saturated rings. The monoisotopic (exact) mass is 247 g/mol. The highest BCUT2D eigenvalue weighted by atomic mass is 16.3. The van der Waals surface area contributed by atoms with Crippen molar-refractivity contribution >= 4 is 5.78 Å². The Kier molecular flexibility index (Phi) is 4.50. The number of rotatable bonds is 4. The summed E-state index contributed by atoms with van der Waals surface area (Å²) in [6.45, 7) is 2.08. The van der Waals surface area contributed by atoms with Crippen molar-refractivity contribution < 1.29 is 9.90 Å². The molecular formula is C15H21NO2. The Bertz CT molecular complexity index is 391. The van der Waals surface area contributed by atoms with Gasteiger partial charge >= 0.3 is 0 Å². The van der Waals surface area contributed by atoms with Gasteiger partial charge in [0.2, 0.25) is 0 Å². The molecule has 0 radical (unpaired) electrons. The maximum absolute atomic E-state index is 12.0. The molecule has 3 nitrogen and oxygen atoms in total. The van der Waals surface area contributed by atoms with Crippen LogP contribution >= 0.6 is 0 Å². The Hall–Kier alpha value is -1.19. The average molecular weight is 247 g/mol. The predicted molar refractivity (Wildman–Crippen MR) is 71.2 cm³/mol. The second-order valence-corrected chi connectivity index (χ2v) is 5.25. The first-order valence-corrected chi connectivity index (χ1v) is 6.61. The molecule has 2 atom stereocenters. The molecule has 3 heteroatoms. The maximum Gasteiger partial charge on any atom is 0.166 e. The SMILES string of the molecule is CN1CCC[C@H](CC(=O)[C@@H](O)c2ccccc2)C1. The molecule has 1 heterocycles. The normalized spacial score (nSPS) is 22.7. The molecule has 1 N–H and O–H groups in total. The molecule has 0 saturated carbocycles. The number of hydrogen-bond donors (Lipinski definition) is 1. The van der Waals surface area contributed by atoms with Crippen LogP contribution < -0.4 is 0 Å². The van der Waals surface area contributed by atoms with Crippen molar-refractivity contribution in [1.29, 1.82) is 0 Å². The average Bonchev–Trinajstić information content (AvgIpc) is 2.39. The zero-order valence-corrected chi connectivity index (χ0v) is 10.9. The van der Waals surface area contributed by atoms with Crippen LogP contribution in [-0.4, -0.2) is 35.9 Å². The molecule has 0 bridgehead atoms. The summed E-state index contributed by atoms with van der Waals surface area (Å²) in [7, 11) is 2.09. The van der Waals surface area contributed by atoms with Gasteiger partial charge in [-0.1, -0.05) is 30.3 Å². The van der Waals surface area contributed by atoms with E-state index in [2.05, 4.69) is 11.9 Å². The fourth-order valence-electron chi connectivity index (χ4n) is 2.66. The summed E-state index contributed by atoms with van der Waals surface area (Å²) in [5.74, 6) is 0.344. The smallest absolute Gasteiger partial charge is 0.166 e. The van der Waals surface area contributed by atoms with Gasteiger partial charge in [0.25, 0.3) is 0 Å². The highest BCUT2D eigenvalue weighted by Crippen LogP contribution is 2.23. The summed E-state index contributed by atoms with van der Waals surface area (Å²) in [4.78, 5) is 14.3. The van der Waals surface area contributed by atoms with Gasteiger partial charge in [-0.15, -0.1) is 0 Å². The van der Waals surface area contributed by atoms with Gasteiger partial charge in [-0.2, -0.15) is 0 Å². The van der Waals surface area contributed by atoms with E-state index in [1.54, 1.807) is 12.1 Å². The lowest BCUT2D eigenvalue weighted by Gasteiger charge is -2.29. The van der Waals surface area contributed by atoms with Gasteiger partial charge in [-0.3, -0.25) is 4.79 Å². The number of hydrogen-bond acceptors (Lipinski definition) is 3. The van der Waals surface area contributed by atoms with Gasteiger partial charge in [-0.05, 0) is 37.9 Å². The minimum atomic E-state index is -0.960. The van der Waals surface area contributed by atoms with Crippen LogP contribution in [0.4, 0.5) is 0 Å². The maximum atomic E-state index is 12.0. The number of benzene rings is 1. The van der Waals surface area contributed by atoms with Gasteiger partial charge in [0.05, 0.1) is 0 Å². The van der Waals surface area contributed by atoms with Crippen molar-refractivity contribution in [2.24, 2.45) is 5.92 Å². The minimum absolute atomic E-state index is 0.0542. The van der Waals surface area contributed by atoms with Crippen LogP contribution in [0.5, 0.6) is 0 Å². The van der Waals surface area contributed by atoms with E-state index in [0.717, 1.165) is 25.9 Å². The van der Waals surface area contributed by atoms with Gasteiger partial charge in [0.15, 0.2) is 5.78 Å². The molecule has 18 heavy (non-hydrogen) atoms. The molecule has 1 aliphatic rings. The van der Waals surface area contributed by atoms with Gasteiger partial charge < -0.3 is 10.0 Å². The Morgan fingerprint density at radius 1 is 1.44 bits per heavy atom. The number of carbonyl (C=O) groups is 1. The summed E-state index contributed by atoms with van der Waals surface area (Å²) in [6.07, 6.45) is 1.77. The number of Topliss-reactive ketones (excluding diaryl/α,β-unsaturated/α-hetero) is 1. The molecule has 1 aliphatic heterocycles. The van der Waals surface area contributed by atoms with E-state index in [-0.39, 0.29) is 5.78 Å². The second kappa shape index (κ2) is 6.12. The largest absolute Gasteiger partial charge is 0.381 e. The van der Waals surface area contributed by atoms with Crippen molar-refractivity contribution in [3.8, 4) is 0 Å². The molecule has 1 saturated heterocycles. The van der Waals surface area contributed by atoms with Crippen molar-refractivity contribution in [2.45, 2.75) is 25.4 Å². The first kappa shape index (κ1) is 13.2. The molecule has 98 valence electrons. The Morgan fingerprint density at radius 2 is 2.17 bits per heavy atom. The summed E-state index contributed by atoms with van der Waals surface area (Å²) < 4.78 is 0. The number of aliphatic hydroxyl groups excluding tert-OH is 1. The van der Waals surface area contributed by atoms with Crippen LogP contribution in [0.1, 0.15) is 30.9 Å². The van der Waals surface area contributed by atoms with E-state index in [4.69, 9.17) is 0 Å². The van der Waals surface area contributed by atoms with Crippen molar-refractivity contribution in [3.05, 3.63) is 35.9 Å². The van der Waals surface area contributed by atoms with E-state index < -0.39 is 6.10 Å². The lowest BCUT2D eigenvalue weighted by molar-refractivity contribution is -0.128. The number of ketones is 1. The van der Waals surface area contributed by atoms with Crippen LogP contribution in [0.3, 0.4) is 0 Å². The van der Waals surface area contributed by atoms with Crippen LogP contribution in [0, 0.1) is 5.92 Å². The number of aliphatic hydroxyl groups is 1. The molecule has 1 aromatic rings. The van der Waals surface area contributed by atoms with E-state index in [9.17, 15) is 9.90 Å². The third-order valence-electron chi connectivity index (χ3n) is 3.63. The fraction of sp³-hybridized carbons (Fsp3) is 0.533. The van der Waals surface area contributed by atoms with Crippen LogP contribution in [0.15, 0.2) is 30.3 Å². The van der Waals surface area contributed by atoms with Crippen LogP contribution in [0.25, 0.3) is 0 Å².